The molecule has 8 heteroatoms. The zero-order valence-electron chi connectivity index (χ0n) is 16.0. The molecule has 4 rings (SSSR count). The van der Waals surface area contributed by atoms with E-state index in [4.69, 9.17) is 4.74 Å². The molecule has 0 aliphatic rings. The Bertz CT molecular complexity index is 1280. The normalized spacial score (nSPS) is 11.7. The van der Waals surface area contributed by atoms with Crippen LogP contribution in [0, 0.1) is 0 Å². The highest BCUT2D eigenvalue weighted by Gasteiger charge is 2.12. The standard InChI is InChI=1S/C21H20N4O3S/c1-28-14-15-6-3-8-17(12-15)22-21-23-20-11-5-10-19(25(20)24-21)16-7-4-9-18(13-16)29(2,26)27/h3-13H,14H2,1-2H3,(H,22,24). The topological polar surface area (TPSA) is 85.6 Å². The van der Waals surface area contributed by atoms with Crippen molar-refractivity contribution >= 4 is 27.1 Å². The van der Waals surface area contributed by atoms with E-state index >= 15 is 0 Å². The Morgan fingerprint density at radius 2 is 1.83 bits per heavy atom. The summed E-state index contributed by atoms with van der Waals surface area (Å²) in [5.74, 6) is 0.450. The first-order chi connectivity index (χ1) is 13.9. The molecule has 2 heterocycles. The summed E-state index contributed by atoms with van der Waals surface area (Å²) in [5.41, 5.74) is 4.05. The van der Waals surface area contributed by atoms with Crippen LogP contribution in [0.4, 0.5) is 11.6 Å². The second kappa shape index (κ2) is 7.65. The number of nitrogens with one attached hydrogen (secondary N) is 1. The van der Waals surface area contributed by atoms with Gasteiger partial charge in [0.05, 0.1) is 17.2 Å². The van der Waals surface area contributed by atoms with Crippen molar-refractivity contribution < 1.29 is 13.2 Å². The quantitative estimate of drug-likeness (QED) is 0.524. The summed E-state index contributed by atoms with van der Waals surface area (Å²) in [5, 5.41) is 7.78. The molecule has 2 aromatic heterocycles. The summed E-state index contributed by atoms with van der Waals surface area (Å²) < 4.78 is 30.7. The van der Waals surface area contributed by atoms with Gasteiger partial charge in [-0.3, -0.25) is 0 Å². The SMILES string of the molecule is COCc1cccc(Nc2nc3cccc(-c4cccc(S(C)(=O)=O)c4)n3n2)c1. The Hall–Kier alpha value is -3.23. The molecule has 0 unspecified atom stereocenters. The van der Waals surface area contributed by atoms with Gasteiger partial charge in [-0.25, -0.2) is 12.9 Å². The molecule has 29 heavy (non-hydrogen) atoms. The van der Waals surface area contributed by atoms with Crippen molar-refractivity contribution in [3.05, 3.63) is 72.3 Å². The van der Waals surface area contributed by atoms with Crippen LogP contribution in [-0.4, -0.2) is 36.4 Å². The lowest BCUT2D eigenvalue weighted by Gasteiger charge is -2.06. The first-order valence-corrected chi connectivity index (χ1v) is 10.8. The molecule has 7 nitrogen and oxygen atoms in total. The zero-order chi connectivity index (χ0) is 20.4. The van der Waals surface area contributed by atoms with Crippen LogP contribution >= 0.6 is 0 Å². The highest BCUT2D eigenvalue weighted by atomic mass is 32.2. The fourth-order valence-electron chi connectivity index (χ4n) is 3.10. The van der Waals surface area contributed by atoms with E-state index in [1.165, 1.54) is 6.26 Å². The summed E-state index contributed by atoms with van der Waals surface area (Å²) in [6.45, 7) is 0.523. The third-order valence-electron chi connectivity index (χ3n) is 4.41. The predicted molar refractivity (Wildman–Crippen MR) is 112 cm³/mol. The molecule has 0 aliphatic carbocycles. The van der Waals surface area contributed by atoms with E-state index < -0.39 is 9.84 Å². The van der Waals surface area contributed by atoms with Crippen LogP contribution in [0.25, 0.3) is 16.9 Å². The molecule has 0 saturated heterocycles. The second-order valence-electron chi connectivity index (χ2n) is 6.67. The van der Waals surface area contributed by atoms with Crippen LogP contribution in [0.5, 0.6) is 0 Å². The number of methoxy groups -OCH3 is 1. The maximum atomic E-state index is 11.9. The van der Waals surface area contributed by atoms with E-state index in [9.17, 15) is 8.42 Å². The number of rotatable bonds is 6. The first kappa shape index (κ1) is 19.1. The van der Waals surface area contributed by atoms with Gasteiger partial charge in [0, 0.05) is 24.6 Å². The summed E-state index contributed by atoms with van der Waals surface area (Å²) in [7, 11) is -1.64. The minimum absolute atomic E-state index is 0.264. The molecule has 148 valence electrons. The molecule has 0 atom stereocenters. The zero-order valence-corrected chi connectivity index (χ0v) is 16.8. The van der Waals surface area contributed by atoms with E-state index in [1.54, 1.807) is 29.8 Å². The van der Waals surface area contributed by atoms with Crippen molar-refractivity contribution in [1.29, 1.82) is 0 Å². The van der Waals surface area contributed by atoms with E-state index in [1.807, 2.05) is 48.5 Å². The average Bonchev–Trinajstić information content (AvgIpc) is 3.10. The van der Waals surface area contributed by atoms with Crippen LogP contribution in [0.2, 0.25) is 0 Å². The van der Waals surface area contributed by atoms with Gasteiger partial charge in [-0.1, -0.05) is 30.3 Å². The van der Waals surface area contributed by atoms with E-state index in [0.29, 0.717) is 18.2 Å². The smallest absolute Gasteiger partial charge is 0.247 e. The van der Waals surface area contributed by atoms with Gasteiger partial charge in [0.2, 0.25) is 5.95 Å². The lowest BCUT2D eigenvalue weighted by Crippen LogP contribution is -1.99. The summed E-state index contributed by atoms with van der Waals surface area (Å²) in [6, 6.07) is 20.2. The van der Waals surface area contributed by atoms with E-state index in [2.05, 4.69) is 15.4 Å². The first-order valence-electron chi connectivity index (χ1n) is 8.95. The number of ether oxygens (including phenoxy) is 1. The Morgan fingerprint density at radius 3 is 2.62 bits per heavy atom. The second-order valence-corrected chi connectivity index (χ2v) is 8.69. The van der Waals surface area contributed by atoms with Gasteiger partial charge >= 0.3 is 0 Å². The maximum Gasteiger partial charge on any atom is 0.247 e. The molecule has 2 aromatic carbocycles. The molecule has 0 amide bonds. The number of pyridine rings is 1. The van der Waals surface area contributed by atoms with Gasteiger partial charge in [-0.15, -0.1) is 5.10 Å². The van der Waals surface area contributed by atoms with Crippen LogP contribution in [0.15, 0.2) is 71.6 Å². The van der Waals surface area contributed by atoms with E-state index in [0.717, 1.165) is 22.5 Å². The molecule has 1 N–H and O–H groups in total. The number of nitrogens with zero attached hydrogens (tertiary/aromatic N) is 3. The van der Waals surface area contributed by atoms with Crippen molar-refractivity contribution in [3.8, 4) is 11.3 Å². The largest absolute Gasteiger partial charge is 0.380 e. The van der Waals surface area contributed by atoms with Crippen LogP contribution < -0.4 is 5.32 Å². The minimum atomic E-state index is -3.30. The van der Waals surface area contributed by atoms with Gasteiger partial charge in [-0.05, 0) is 42.0 Å². The lowest BCUT2D eigenvalue weighted by molar-refractivity contribution is 0.185. The molecule has 0 spiro atoms. The van der Waals surface area contributed by atoms with Gasteiger partial charge in [0.25, 0.3) is 0 Å². The molecule has 0 radical (unpaired) electrons. The molecular weight excluding hydrogens is 388 g/mol. The minimum Gasteiger partial charge on any atom is -0.380 e. The predicted octanol–water partition coefficient (Wildman–Crippen LogP) is 3.69. The lowest BCUT2D eigenvalue weighted by atomic mass is 10.1. The molecule has 0 bridgehead atoms. The van der Waals surface area contributed by atoms with Crippen molar-refractivity contribution in [1.82, 2.24) is 14.6 Å². The number of hydrogen-bond acceptors (Lipinski definition) is 6. The third-order valence-corrected chi connectivity index (χ3v) is 5.52. The number of anilines is 2. The number of aromatic nitrogens is 3. The molecule has 0 saturated carbocycles. The van der Waals surface area contributed by atoms with Gasteiger partial charge in [0.15, 0.2) is 15.5 Å². The summed E-state index contributed by atoms with van der Waals surface area (Å²) in [4.78, 5) is 4.80. The highest BCUT2D eigenvalue weighted by molar-refractivity contribution is 7.90. The number of benzene rings is 2. The monoisotopic (exact) mass is 408 g/mol. The maximum absolute atomic E-state index is 11.9. The van der Waals surface area contributed by atoms with Crippen LogP contribution in [0.1, 0.15) is 5.56 Å². The van der Waals surface area contributed by atoms with Crippen LogP contribution in [-0.2, 0) is 21.2 Å². The van der Waals surface area contributed by atoms with Gasteiger partial charge in [0.1, 0.15) is 0 Å². The Balaban J connectivity index is 1.72. The van der Waals surface area contributed by atoms with Crippen LogP contribution in [0.3, 0.4) is 0 Å². The molecule has 0 aliphatic heterocycles. The Labute approximate surface area is 168 Å². The Morgan fingerprint density at radius 1 is 1.03 bits per heavy atom. The average molecular weight is 408 g/mol. The van der Waals surface area contributed by atoms with Crippen molar-refractivity contribution in [2.75, 3.05) is 18.7 Å². The van der Waals surface area contributed by atoms with Crippen molar-refractivity contribution in [2.45, 2.75) is 11.5 Å². The van der Waals surface area contributed by atoms with Gasteiger partial charge in [-0.2, -0.15) is 4.98 Å². The van der Waals surface area contributed by atoms with Crippen molar-refractivity contribution in [3.63, 3.8) is 0 Å². The van der Waals surface area contributed by atoms with E-state index in [-0.39, 0.29) is 4.90 Å². The number of sulfone groups is 1. The number of fused-ring (bicyclic) bond motifs is 1. The van der Waals surface area contributed by atoms with Gasteiger partial charge < -0.3 is 10.1 Å². The Kier molecular flexibility index (Phi) is 5.04. The molecule has 0 fully saturated rings. The third kappa shape index (κ3) is 4.13. The summed E-state index contributed by atoms with van der Waals surface area (Å²) >= 11 is 0. The highest BCUT2D eigenvalue weighted by Crippen LogP contribution is 2.24. The van der Waals surface area contributed by atoms with Crippen molar-refractivity contribution in [2.24, 2.45) is 0 Å². The fraction of sp³-hybridized carbons (Fsp3) is 0.143. The molecule has 4 aromatic rings. The molecular formula is C21H20N4O3S. The fourth-order valence-corrected chi connectivity index (χ4v) is 3.76. The summed E-state index contributed by atoms with van der Waals surface area (Å²) in [6.07, 6.45) is 1.20. The number of hydrogen-bond donors (Lipinski definition) is 1.